The summed E-state index contributed by atoms with van der Waals surface area (Å²) in [5.41, 5.74) is 4.42. The van der Waals surface area contributed by atoms with Crippen molar-refractivity contribution < 1.29 is 4.79 Å². The number of hydrogen-bond donors (Lipinski definition) is 0. The molecule has 2 heterocycles. The van der Waals surface area contributed by atoms with E-state index in [1.807, 2.05) is 36.1 Å². The first-order chi connectivity index (χ1) is 14.1. The lowest BCUT2D eigenvalue weighted by molar-refractivity contribution is 0.0767. The molecule has 29 heavy (non-hydrogen) atoms. The first-order valence-corrected chi connectivity index (χ1v) is 10.8. The van der Waals surface area contributed by atoms with E-state index >= 15 is 0 Å². The van der Waals surface area contributed by atoms with E-state index in [0.717, 1.165) is 49.0 Å². The van der Waals surface area contributed by atoms with E-state index in [1.54, 1.807) is 0 Å². The topological polar surface area (TPSA) is 49.3 Å². The zero-order valence-electron chi connectivity index (χ0n) is 17.0. The number of rotatable bonds is 4. The number of amides is 1. The van der Waals surface area contributed by atoms with Crippen LogP contribution in [0.2, 0.25) is 0 Å². The molecular formula is C23H26N4OS. The van der Waals surface area contributed by atoms with Gasteiger partial charge in [-0.15, -0.1) is 0 Å². The molecule has 4 rings (SSSR count). The molecule has 2 aromatic carbocycles. The van der Waals surface area contributed by atoms with Crippen LogP contribution in [-0.4, -0.2) is 46.3 Å². The summed E-state index contributed by atoms with van der Waals surface area (Å²) >= 11 is 1.46. The van der Waals surface area contributed by atoms with Gasteiger partial charge in [0.05, 0.1) is 0 Å². The van der Waals surface area contributed by atoms with Gasteiger partial charge in [0.25, 0.3) is 5.91 Å². The molecule has 0 saturated carbocycles. The van der Waals surface area contributed by atoms with E-state index in [-0.39, 0.29) is 5.91 Å². The van der Waals surface area contributed by atoms with Crippen molar-refractivity contribution in [2.45, 2.75) is 26.7 Å². The Labute approximate surface area is 176 Å². The smallest absolute Gasteiger partial charge is 0.253 e. The SMILES string of the molecule is Cc1ccc(Cc2nsc(N3CCCN(C(=O)c4ccc(C)cc4)CC3)n2)cc1. The Bertz CT molecular complexity index is 965. The molecule has 6 heteroatoms. The molecule has 0 bridgehead atoms. The van der Waals surface area contributed by atoms with Crippen molar-refractivity contribution in [2.24, 2.45) is 0 Å². The Morgan fingerprint density at radius 1 is 0.931 bits per heavy atom. The molecule has 1 amide bonds. The van der Waals surface area contributed by atoms with Crippen LogP contribution in [0.5, 0.6) is 0 Å². The standard InChI is InChI=1S/C23H26N4OS/c1-17-4-8-19(9-5-17)16-21-24-23(29-25-21)27-13-3-12-26(14-15-27)22(28)20-10-6-18(2)7-11-20/h4-11H,3,12-16H2,1-2H3. The van der Waals surface area contributed by atoms with Crippen LogP contribution in [0.4, 0.5) is 5.13 Å². The van der Waals surface area contributed by atoms with Gasteiger partial charge in [-0.25, -0.2) is 4.98 Å². The monoisotopic (exact) mass is 406 g/mol. The van der Waals surface area contributed by atoms with Crippen molar-refractivity contribution in [1.82, 2.24) is 14.3 Å². The number of hydrogen-bond acceptors (Lipinski definition) is 5. The molecule has 3 aromatic rings. The number of carbonyl (C=O) groups is 1. The van der Waals surface area contributed by atoms with Gasteiger partial charge in [0, 0.05) is 49.7 Å². The summed E-state index contributed by atoms with van der Waals surface area (Å²) in [7, 11) is 0. The van der Waals surface area contributed by atoms with E-state index in [2.05, 4.69) is 40.5 Å². The summed E-state index contributed by atoms with van der Waals surface area (Å²) in [6, 6.07) is 16.3. The lowest BCUT2D eigenvalue weighted by Crippen LogP contribution is -2.35. The minimum atomic E-state index is 0.115. The van der Waals surface area contributed by atoms with Gasteiger partial charge in [-0.2, -0.15) is 4.37 Å². The van der Waals surface area contributed by atoms with Crippen LogP contribution in [0.3, 0.4) is 0 Å². The second-order valence-corrected chi connectivity index (χ2v) is 8.38. The summed E-state index contributed by atoms with van der Waals surface area (Å²) in [6.45, 7) is 7.30. The fourth-order valence-corrected chi connectivity index (χ4v) is 4.26. The molecule has 1 aromatic heterocycles. The van der Waals surface area contributed by atoms with Crippen LogP contribution in [-0.2, 0) is 6.42 Å². The Kier molecular flexibility index (Phi) is 5.90. The molecule has 0 aliphatic carbocycles. The second kappa shape index (κ2) is 8.74. The molecule has 1 aliphatic heterocycles. The van der Waals surface area contributed by atoms with Crippen LogP contribution < -0.4 is 4.90 Å². The second-order valence-electron chi connectivity index (χ2n) is 7.65. The minimum absolute atomic E-state index is 0.115. The number of benzene rings is 2. The highest BCUT2D eigenvalue weighted by molar-refractivity contribution is 7.09. The molecule has 1 saturated heterocycles. The maximum absolute atomic E-state index is 12.8. The number of anilines is 1. The highest BCUT2D eigenvalue weighted by atomic mass is 32.1. The molecule has 0 N–H and O–H groups in total. The van der Waals surface area contributed by atoms with Crippen molar-refractivity contribution in [2.75, 3.05) is 31.1 Å². The van der Waals surface area contributed by atoms with Gasteiger partial charge >= 0.3 is 0 Å². The van der Waals surface area contributed by atoms with Gasteiger partial charge in [0.2, 0.25) is 5.13 Å². The third-order valence-corrected chi connectivity index (χ3v) is 6.11. The summed E-state index contributed by atoms with van der Waals surface area (Å²) < 4.78 is 4.56. The van der Waals surface area contributed by atoms with E-state index in [9.17, 15) is 4.79 Å². The third kappa shape index (κ3) is 4.82. The zero-order valence-corrected chi connectivity index (χ0v) is 17.8. The molecule has 1 aliphatic rings. The average molecular weight is 407 g/mol. The maximum atomic E-state index is 12.8. The third-order valence-electron chi connectivity index (χ3n) is 5.29. The summed E-state index contributed by atoms with van der Waals surface area (Å²) in [6.07, 6.45) is 1.69. The first kappa shape index (κ1) is 19.6. The van der Waals surface area contributed by atoms with Crippen molar-refractivity contribution in [3.05, 3.63) is 76.6 Å². The predicted octanol–water partition coefficient (Wildman–Crippen LogP) is 4.10. The number of nitrogens with zero attached hydrogens (tertiary/aromatic N) is 4. The van der Waals surface area contributed by atoms with Crippen molar-refractivity contribution >= 4 is 22.6 Å². The Morgan fingerprint density at radius 3 is 2.34 bits per heavy atom. The fourth-order valence-electron chi connectivity index (χ4n) is 3.52. The van der Waals surface area contributed by atoms with Crippen molar-refractivity contribution in [3.8, 4) is 0 Å². The molecule has 5 nitrogen and oxygen atoms in total. The maximum Gasteiger partial charge on any atom is 0.253 e. The average Bonchev–Trinajstić information content (AvgIpc) is 3.04. The van der Waals surface area contributed by atoms with E-state index in [4.69, 9.17) is 4.98 Å². The van der Waals surface area contributed by atoms with Crippen molar-refractivity contribution in [3.63, 3.8) is 0 Å². The predicted molar refractivity (Wildman–Crippen MR) is 118 cm³/mol. The van der Waals surface area contributed by atoms with Gasteiger partial charge < -0.3 is 9.80 Å². The molecule has 150 valence electrons. The summed E-state index contributed by atoms with van der Waals surface area (Å²) in [4.78, 5) is 21.8. The Morgan fingerprint density at radius 2 is 1.62 bits per heavy atom. The normalized spacial score (nSPS) is 14.7. The lowest BCUT2D eigenvalue weighted by atomic mass is 10.1. The molecule has 0 unspecified atom stereocenters. The quantitative estimate of drug-likeness (QED) is 0.655. The first-order valence-electron chi connectivity index (χ1n) is 10.1. The Balaban J connectivity index is 1.38. The van der Waals surface area contributed by atoms with Crippen LogP contribution in [0.25, 0.3) is 0 Å². The van der Waals surface area contributed by atoms with E-state index < -0.39 is 0 Å². The largest absolute Gasteiger partial charge is 0.345 e. The molecular weight excluding hydrogens is 380 g/mol. The highest BCUT2D eigenvalue weighted by Gasteiger charge is 2.22. The summed E-state index contributed by atoms with van der Waals surface area (Å²) in [5, 5.41) is 0.955. The van der Waals surface area contributed by atoms with Gasteiger partial charge in [0.15, 0.2) is 0 Å². The van der Waals surface area contributed by atoms with Crippen LogP contribution in [0, 0.1) is 13.8 Å². The number of aromatic nitrogens is 2. The van der Waals surface area contributed by atoms with Gasteiger partial charge in [-0.3, -0.25) is 4.79 Å². The van der Waals surface area contributed by atoms with Gasteiger partial charge in [-0.1, -0.05) is 47.5 Å². The number of aryl methyl sites for hydroxylation is 2. The van der Waals surface area contributed by atoms with Gasteiger partial charge in [-0.05, 0) is 38.0 Å². The zero-order chi connectivity index (χ0) is 20.2. The molecule has 1 fully saturated rings. The van der Waals surface area contributed by atoms with Crippen LogP contribution >= 0.6 is 11.5 Å². The molecule has 0 radical (unpaired) electrons. The Hall–Kier alpha value is -2.73. The highest BCUT2D eigenvalue weighted by Crippen LogP contribution is 2.21. The van der Waals surface area contributed by atoms with Crippen LogP contribution in [0.15, 0.2) is 48.5 Å². The van der Waals surface area contributed by atoms with Crippen LogP contribution in [0.1, 0.15) is 39.3 Å². The molecule has 0 spiro atoms. The van der Waals surface area contributed by atoms with E-state index in [1.165, 1.54) is 28.2 Å². The lowest BCUT2D eigenvalue weighted by Gasteiger charge is -2.21. The van der Waals surface area contributed by atoms with Crippen molar-refractivity contribution in [1.29, 1.82) is 0 Å². The number of carbonyl (C=O) groups excluding carboxylic acids is 1. The minimum Gasteiger partial charge on any atom is -0.345 e. The fraction of sp³-hybridized carbons (Fsp3) is 0.348. The summed E-state index contributed by atoms with van der Waals surface area (Å²) in [5.74, 6) is 0.981. The van der Waals surface area contributed by atoms with Gasteiger partial charge in [0.1, 0.15) is 5.82 Å². The molecule has 0 atom stereocenters. The van der Waals surface area contributed by atoms with E-state index in [0.29, 0.717) is 6.54 Å².